The van der Waals surface area contributed by atoms with Crippen LogP contribution in [0.2, 0.25) is 15.1 Å². The van der Waals surface area contributed by atoms with Gasteiger partial charge in [-0.3, -0.25) is 14.2 Å². The molecule has 1 saturated carbocycles. The third-order valence-electron chi connectivity index (χ3n) is 5.00. The van der Waals surface area contributed by atoms with Crippen LogP contribution in [0.3, 0.4) is 0 Å². The van der Waals surface area contributed by atoms with Gasteiger partial charge < -0.3 is 5.32 Å². The van der Waals surface area contributed by atoms with Crippen molar-refractivity contribution in [2.24, 2.45) is 0 Å². The Hall–Kier alpha value is -2.23. The molecule has 4 rings (SSSR count). The number of hydrogen-bond acceptors (Lipinski definition) is 3. The van der Waals surface area contributed by atoms with Gasteiger partial charge in [-0.25, -0.2) is 0 Å². The van der Waals surface area contributed by atoms with E-state index < -0.39 is 17.8 Å². The summed E-state index contributed by atoms with van der Waals surface area (Å²) in [5.41, 5.74) is -0.0772. The minimum atomic E-state index is -4.65. The monoisotopic (exact) mass is 505 g/mol. The lowest BCUT2D eigenvalue weighted by Gasteiger charge is -2.08. The van der Waals surface area contributed by atoms with Crippen LogP contribution in [-0.4, -0.2) is 25.5 Å². The second kappa shape index (κ2) is 8.96. The summed E-state index contributed by atoms with van der Waals surface area (Å²) in [7, 11) is 0. The number of benzene rings is 1. The van der Waals surface area contributed by atoms with E-state index in [4.69, 9.17) is 34.8 Å². The Balaban J connectivity index is 1.39. The Morgan fingerprint density at radius 3 is 2.44 bits per heavy atom. The van der Waals surface area contributed by atoms with Crippen molar-refractivity contribution < 1.29 is 18.0 Å². The molecule has 1 aromatic carbocycles. The van der Waals surface area contributed by atoms with Crippen LogP contribution in [0.4, 0.5) is 19.0 Å². The van der Waals surface area contributed by atoms with Crippen molar-refractivity contribution in [3.8, 4) is 0 Å². The van der Waals surface area contributed by atoms with Crippen molar-refractivity contribution in [3.05, 3.63) is 62.5 Å². The highest BCUT2D eigenvalue weighted by Gasteiger charge is 2.42. The van der Waals surface area contributed by atoms with Crippen molar-refractivity contribution in [1.82, 2.24) is 19.6 Å². The van der Waals surface area contributed by atoms with Gasteiger partial charge in [0.2, 0.25) is 5.91 Å². The number of hydrogen-bond donors (Lipinski definition) is 1. The van der Waals surface area contributed by atoms with Gasteiger partial charge >= 0.3 is 6.18 Å². The topological polar surface area (TPSA) is 64.7 Å². The molecule has 0 unspecified atom stereocenters. The Labute approximate surface area is 196 Å². The second-order valence-corrected chi connectivity index (χ2v) is 8.63. The first kappa shape index (κ1) is 22.9. The summed E-state index contributed by atoms with van der Waals surface area (Å²) >= 11 is 18.3. The number of anilines is 1. The first-order valence-corrected chi connectivity index (χ1v) is 10.9. The van der Waals surface area contributed by atoms with Crippen molar-refractivity contribution in [3.63, 3.8) is 0 Å². The van der Waals surface area contributed by atoms with Gasteiger partial charge in [-0.05, 0) is 25.0 Å². The van der Waals surface area contributed by atoms with Crippen LogP contribution in [0.1, 0.15) is 42.1 Å². The van der Waals surface area contributed by atoms with E-state index in [2.05, 4.69) is 15.5 Å². The fourth-order valence-corrected chi connectivity index (χ4v) is 4.24. The fourth-order valence-electron chi connectivity index (χ4n) is 3.33. The molecule has 6 nitrogen and oxygen atoms in total. The maximum absolute atomic E-state index is 13.2. The van der Waals surface area contributed by atoms with Gasteiger partial charge in [0.25, 0.3) is 0 Å². The zero-order valence-corrected chi connectivity index (χ0v) is 18.7. The van der Waals surface area contributed by atoms with Crippen LogP contribution in [0.25, 0.3) is 0 Å². The summed E-state index contributed by atoms with van der Waals surface area (Å²) < 4.78 is 42.2. The van der Waals surface area contributed by atoms with Crippen LogP contribution in [0.15, 0.2) is 30.5 Å². The van der Waals surface area contributed by atoms with Crippen LogP contribution < -0.4 is 5.32 Å². The predicted molar refractivity (Wildman–Crippen MR) is 115 cm³/mol. The van der Waals surface area contributed by atoms with Gasteiger partial charge in [0.1, 0.15) is 0 Å². The molecule has 1 aliphatic rings. The number of nitrogens with one attached hydrogen (secondary N) is 1. The summed E-state index contributed by atoms with van der Waals surface area (Å²) in [6.07, 6.45) is -1.57. The fraction of sp³-hybridized carbons (Fsp3) is 0.350. The van der Waals surface area contributed by atoms with E-state index in [1.54, 1.807) is 35.1 Å². The Morgan fingerprint density at radius 2 is 1.81 bits per heavy atom. The SMILES string of the molecule is O=C(CCn1nc(C(F)(F)F)c(Cl)c1C1CC1)Nc1ccn(Cc2c(Cl)cccc2Cl)n1. The van der Waals surface area contributed by atoms with E-state index in [9.17, 15) is 18.0 Å². The van der Waals surface area contributed by atoms with Crippen LogP contribution in [0, 0.1) is 0 Å². The standard InChI is InChI=1S/C20H17Cl3F3N5O/c21-13-2-1-3-14(22)12(13)10-30-8-6-15(28-30)27-16(32)7-9-31-18(11-4-5-11)17(23)19(29-31)20(24,25)26/h1-3,6,8,11H,4-5,7,9-10H2,(H,27,28,32). The third-order valence-corrected chi connectivity index (χ3v) is 6.09. The molecule has 1 amide bonds. The van der Waals surface area contributed by atoms with E-state index in [0.717, 1.165) is 12.8 Å². The molecule has 1 N–H and O–H groups in total. The quantitative estimate of drug-likeness (QED) is 0.427. The van der Waals surface area contributed by atoms with Gasteiger partial charge in [-0.2, -0.15) is 23.4 Å². The van der Waals surface area contributed by atoms with Crippen LogP contribution >= 0.6 is 34.8 Å². The highest BCUT2D eigenvalue weighted by molar-refractivity contribution is 6.36. The molecule has 0 radical (unpaired) electrons. The maximum Gasteiger partial charge on any atom is 0.436 e. The molecule has 170 valence electrons. The minimum Gasteiger partial charge on any atom is -0.309 e. The molecule has 0 spiro atoms. The number of aromatic nitrogens is 4. The molecule has 2 heterocycles. The maximum atomic E-state index is 13.2. The van der Waals surface area contributed by atoms with Crippen LogP contribution in [-0.2, 0) is 24.1 Å². The molecule has 2 aromatic heterocycles. The number of carbonyl (C=O) groups excluding carboxylic acids is 1. The smallest absolute Gasteiger partial charge is 0.309 e. The Kier molecular flexibility index (Phi) is 6.42. The third kappa shape index (κ3) is 5.05. The first-order chi connectivity index (χ1) is 15.1. The average molecular weight is 507 g/mol. The first-order valence-electron chi connectivity index (χ1n) is 9.73. The van der Waals surface area contributed by atoms with Crippen molar-refractivity contribution in [1.29, 1.82) is 0 Å². The van der Waals surface area contributed by atoms with E-state index >= 15 is 0 Å². The second-order valence-electron chi connectivity index (χ2n) is 7.44. The van der Waals surface area contributed by atoms with Gasteiger partial charge in [0.05, 0.1) is 23.8 Å². The van der Waals surface area contributed by atoms with Crippen molar-refractivity contribution in [2.75, 3.05) is 5.32 Å². The number of rotatable bonds is 7. The molecule has 1 aliphatic carbocycles. The zero-order valence-electron chi connectivity index (χ0n) is 16.5. The molecular formula is C20H17Cl3F3N5O. The number of nitrogens with zero attached hydrogens (tertiary/aromatic N) is 4. The lowest BCUT2D eigenvalue weighted by Crippen LogP contribution is -2.17. The molecule has 0 aliphatic heterocycles. The van der Waals surface area contributed by atoms with Gasteiger partial charge in [-0.1, -0.05) is 40.9 Å². The van der Waals surface area contributed by atoms with Gasteiger partial charge in [-0.15, -0.1) is 0 Å². The molecule has 0 saturated heterocycles. The summed E-state index contributed by atoms with van der Waals surface area (Å²) in [6, 6.07) is 6.78. The lowest BCUT2D eigenvalue weighted by molar-refractivity contribution is -0.141. The molecule has 0 atom stereocenters. The van der Waals surface area contributed by atoms with Crippen molar-refractivity contribution in [2.45, 2.75) is 44.4 Å². The molecular weight excluding hydrogens is 490 g/mol. The normalized spacial score (nSPS) is 14.1. The van der Waals surface area contributed by atoms with Crippen LogP contribution in [0.5, 0.6) is 0 Å². The molecule has 1 fully saturated rings. The number of carbonyl (C=O) groups is 1. The summed E-state index contributed by atoms with van der Waals surface area (Å²) in [5, 5.41) is 11.1. The average Bonchev–Trinajstić information content (AvgIpc) is 3.35. The van der Waals surface area contributed by atoms with Crippen molar-refractivity contribution >= 4 is 46.5 Å². The summed E-state index contributed by atoms with van der Waals surface area (Å²) in [5.74, 6) is -0.162. The number of alkyl halides is 3. The molecule has 0 bridgehead atoms. The van der Waals surface area contributed by atoms with E-state index in [0.29, 0.717) is 33.7 Å². The Morgan fingerprint density at radius 1 is 1.12 bits per heavy atom. The summed E-state index contributed by atoms with van der Waals surface area (Å²) in [4.78, 5) is 12.3. The highest BCUT2D eigenvalue weighted by Crippen LogP contribution is 2.46. The molecule has 12 heteroatoms. The number of amides is 1. The predicted octanol–water partition coefficient (Wildman–Crippen LogP) is 6.01. The largest absolute Gasteiger partial charge is 0.436 e. The van der Waals surface area contributed by atoms with Gasteiger partial charge in [0, 0.05) is 40.2 Å². The van der Waals surface area contributed by atoms with E-state index in [1.807, 2.05) is 0 Å². The Bertz CT molecular complexity index is 1130. The molecule has 3 aromatic rings. The van der Waals surface area contributed by atoms with E-state index in [-0.39, 0.29) is 23.9 Å². The van der Waals surface area contributed by atoms with Gasteiger partial charge in [0.15, 0.2) is 11.5 Å². The lowest BCUT2D eigenvalue weighted by atomic mass is 10.2. The zero-order chi connectivity index (χ0) is 23.0. The number of halogens is 6. The van der Waals surface area contributed by atoms with E-state index in [1.165, 1.54) is 4.68 Å². The molecule has 32 heavy (non-hydrogen) atoms. The summed E-state index contributed by atoms with van der Waals surface area (Å²) in [6.45, 7) is 0.286. The minimum absolute atomic E-state index is 0.0244. The number of aryl methyl sites for hydroxylation is 1. The highest BCUT2D eigenvalue weighted by atomic mass is 35.5.